The summed E-state index contributed by atoms with van der Waals surface area (Å²) in [4.78, 5) is 15.2. The Morgan fingerprint density at radius 3 is 2.57 bits per heavy atom. The zero-order valence-corrected chi connectivity index (χ0v) is 13.5. The fourth-order valence-corrected chi connectivity index (χ4v) is 2.07. The first-order chi connectivity index (χ1) is 11.0. The Morgan fingerprint density at radius 1 is 1.17 bits per heavy atom. The van der Waals surface area contributed by atoms with Gasteiger partial charge in [-0.25, -0.2) is 0 Å². The van der Waals surface area contributed by atoms with E-state index in [-0.39, 0.29) is 6.08 Å². The number of carbonyl (C=O) groups excluding carboxylic acids is 1. The number of nitrogens with zero attached hydrogens (tertiary/aromatic N) is 1. The molecule has 1 unspecified atom stereocenters. The fourth-order valence-electron chi connectivity index (χ4n) is 1.86. The van der Waals surface area contributed by atoms with Gasteiger partial charge in [0.25, 0.3) is 5.24 Å². The molecule has 2 aromatic carbocycles. The van der Waals surface area contributed by atoms with Gasteiger partial charge in [0.15, 0.2) is 11.7 Å². The molecule has 0 amide bonds. The molecule has 3 rings (SSSR count). The van der Waals surface area contributed by atoms with Crippen LogP contribution >= 0.6 is 23.2 Å². The molecule has 0 saturated heterocycles. The lowest BCUT2D eigenvalue weighted by molar-refractivity contribution is -0.117. The van der Waals surface area contributed by atoms with Crippen LogP contribution in [0.15, 0.2) is 46.9 Å². The maximum absolute atomic E-state index is 11.0. The van der Waals surface area contributed by atoms with Crippen LogP contribution in [0.2, 0.25) is 5.02 Å². The molecular formula is C16H11Cl2NO4. The van der Waals surface area contributed by atoms with E-state index in [1.807, 2.05) is 0 Å². The Labute approximate surface area is 141 Å². The van der Waals surface area contributed by atoms with Crippen molar-refractivity contribution in [2.24, 2.45) is 0 Å². The van der Waals surface area contributed by atoms with E-state index in [0.29, 0.717) is 27.6 Å². The van der Waals surface area contributed by atoms with Gasteiger partial charge in [-0.15, -0.1) is 0 Å². The second kappa shape index (κ2) is 6.48. The monoisotopic (exact) mass is 351 g/mol. The van der Waals surface area contributed by atoms with Gasteiger partial charge in [-0.05, 0) is 54.9 Å². The molecule has 3 aromatic rings. The molecule has 1 aromatic heterocycles. The minimum Gasteiger partial charge on any atom is -0.482 e. The van der Waals surface area contributed by atoms with Crippen molar-refractivity contribution in [3.8, 4) is 17.6 Å². The summed E-state index contributed by atoms with van der Waals surface area (Å²) in [6, 6.07) is 11.8. The number of hydrogen-bond acceptors (Lipinski definition) is 5. The lowest BCUT2D eigenvalue weighted by Crippen LogP contribution is -2.18. The number of oxazole rings is 1. The average Bonchev–Trinajstić information content (AvgIpc) is 2.90. The maximum atomic E-state index is 11.0. The van der Waals surface area contributed by atoms with Crippen molar-refractivity contribution in [1.29, 1.82) is 0 Å². The summed E-state index contributed by atoms with van der Waals surface area (Å²) in [6.45, 7) is 1.57. The second-order valence-electron chi connectivity index (χ2n) is 4.73. The number of carbonyl (C=O) groups is 1. The van der Waals surface area contributed by atoms with Gasteiger partial charge < -0.3 is 13.9 Å². The molecular weight excluding hydrogens is 341 g/mol. The predicted molar refractivity (Wildman–Crippen MR) is 86.5 cm³/mol. The van der Waals surface area contributed by atoms with E-state index in [4.69, 9.17) is 37.1 Å². The van der Waals surface area contributed by atoms with E-state index >= 15 is 0 Å². The lowest BCUT2D eigenvalue weighted by Gasteiger charge is -2.10. The minimum absolute atomic E-state index is 0.111. The first-order valence-electron chi connectivity index (χ1n) is 6.71. The molecule has 0 saturated carbocycles. The Bertz CT molecular complexity index is 845. The van der Waals surface area contributed by atoms with E-state index in [2.05, 4.69) is 4.98 Å². The standard InChI is InChI=1S/C16H11Cl2NO4/c1-9(15(18)20)21-11-3-5-12(6-4-11)22-16-19-13-7-2-10(17)8-14(13)23-16/h2-9H,1H3. The first-order valence-corrected chi connectivity index (χ1v) is 7.47. The van der Waals surface area contributed by atoms with Gasteiger partial charge in [0.2, 0.25) is 0 Å². The number of fused-ring (bicyclic) bond motifs is 1. The van der Waals surface area contributed by atoms with Crippen molar-refractivity contribution in [2.45, 2.75) is 13.0 Å². The Balaban J connectivity index is 1.73. The molecule has 0 aliphatic rings. The third-order valence-corrected chi connectivity index (χ3v) is 3.53. The molecule has 5 nitrogen and oxygen atoms in total. The molecule has 23 heavy (non-hydrogen) atoms. The van der Waals surface area contributed by atoms with E-state index in [9.17, 15) is 4.79 Å². The van der Waals surface area contributed by atoms with Crippen LogP contribution in [-0.2, 0) is 4.79 Å². The summed E-state index contributed by atoms with van der Waals surface area (Å²) in [5.74, 6) is 1.02. The molecule has 0 N–H and O–H groups in total. The summed E-state index contributed by atoms with van der Waals surface area (Å²) in [5, 5.41) is 0.000114. The third kappa shape index (κ3) is 3.75. The summed E-state index contributed by atoms with van der Waals surface area (Å²) >= 11 is 11.2. The molecule has 0 spiro atoms. The highest BCUT2D eigenvalue weighted by atomic mass is 35.5. The number of aromatic nitrogens is 1. The van der Waals surface area contributed by atoms with Gasteiger partial charge in [-0.1, -0.05) is 11.6 Å². The summed E-state index contributed by atoms with van der Waals surface area (Å²) in [6.07, 6.45) is -0.606. The zero-order valence-electron chi connectivity index (χ0n) is 12.0. The second-order valence-corrected chi connectivity index (χ2v) is 5.54. The van der Waals surface area contributed by atoms with Crippen LogP contribution in [0, 0.1) is 0 Å². The van der Waals surface area contributed by atoms with Crippen molar-refractivity contribution in [3.63, 3.8) is 0 Å². The Kier molecular flexibility index (Phi) is 4.41. The van der Waals surface area contributed by atoms with Crippen LogP contribution in [0.4, 0.5) is 0 Å². The molecule has 0 aliphatic carbocycles. The van der Waals surface area contributed by atoms with Crippen LogP contribution in [-0.4, -0.2) is 16.3 Å². The SMILES string of the molecule is CC(Oc1ccc(Oc2nc3ccc(Cl)cc3o2)cc1)C(=O)Cl. The summed E-state index contributed by atoms with van der Waals surface area (Å²) < 4.78 is 16.4. The summed E-state index contributed by atoms with van der Waals surface area (Å²) in [5.41, 5.74) is 1.20. The molecule has 7 heteroatoms. The fraction of sp³-hybridized carbons (Fsp3) is 0.125. The smallest absolute Gasteiger partial charge is 0.400 e. The minimum atomic E-state index is -0.717. The van der Waals surface area contributed by atoms with E-state index < -0.39 is 11.3 Å². The van der Waals surface area contributed by atoms with Crippen molar-refractivity contribution in [3.05, 3.63) is 47.5 Å². The predicted octanol–water partition coefficient (Wildman–Crippen LogP) is 4.81. The quantitative estimate of drug-likeness (QED) is 0.617. The van der Waals surface area contributed by atoms with E-state index in [0.717, 1.165) is 0 Å². The van der Waals surface area contributed by atoms with Crippen LogP contribution in [0.25, 0.3) is 11.1 Å². The molecule has 1 atom stereocenters. The highest BCUT2D eigenvalue weighted by molar-refractivity contribution is 6.64. The Morgan fingerprint density at radius 2 is 1.87 bits per heavy atom. The Hall–Kier alpha value is -2.24. The molecule has 118 valence electrons. The van der Waals surface area contributed by atoms with Crippen molar-refractivity contribution in [1.82, 2.24) is 4.98 Å². The topological polar surface area (TPSA) is 61.6 Å². The zero-order chi connectivity index (χ0) is 16.4. The summed E-state index contributed by atoms with van der Waals surface area (Å²) in [7, 11) is 0. The molecule has 0 fully saturated rings. The number of halogens is 2. The van der Waals surface area contributed by atoms with Gasteiger partial charge in [-0.2, -0.15) is 4.98 Å². The van der Waals surface area contributed by atoms with Gasteiger partial charge in [0, 0.05) is 11.1 Å². The molecule has 0 radical (unpaired) electrons. The molecule has 0 bridgehead atoms. The molecule has 1 heterocycles. The van der Waals surface area contributed by atoms with E-state index in [1.165, 1.54) is 0 Å². The average molecular weight is 352 g/mol. The van der Waals surface area contributed by atoms with Crippen LogP contribution in [0.5, 0.6) is 17.6 Å². The number of ether oxygens (including phenoxy) is 2. The van der Waals surface area contributed by atoms with Gasteiger partial charge in [-0.3, -0.25) is 4.79 Å². The highest BCUT2D eigenvalue weighted by Crippen LogP contribution is 2.28. The van der Waals surface area contributed by atoms with Crippen LogP contribution < -0.4 is 9.47 Å². The van der Waals surface area contributed by atoms with Crippen molar-refractivity contribution < 1.29 is 18.7 Å². The maximum Gasteiger partial charge on any atom is 0.400 e. The highest BCUT2D eigenvalue weighted by Gasteiger charge is 2.12. The van der Waals surface area contributed by atoms with Gasteiger partial charge >= 0.3 is 6.08 Å². The van der Waals surface area contributed by atoms with Crippen molar-refractivity contribution >= 4 is 39.5 Å². The largest absolute Gasteiger partial charge is 0.482 e. The van der Waals surface area contributed by atoms with E-state index in [1.54, 1.807) is 49.4 Å². The molecule has 0 aliphatic heterocycles. The van der Waals surface area contributed by atoms with Gasteiger partial charge in [0.05, 0.1) is 0 Å². The number of hydrogen-bond donors (Lipinski definition) is 0. The van der Waals surface area contributed by atoms with Gasteiger partial charge in [0.1, 0.15) is 17.0 Å². The number of benzene rings is 2. The third-order valence-electron chi connectivity index (χ3n) is 2.99. The lowest BCUT2D eigenvalue weighted by atomic mass is 10.3. The van der Waals surface area contributed by atoms with Crippen LogP contribution in [0.1, 0.15) is 6.92 Å². The van der Waals surface area contributed by atoms with Crippen LogP contribution in [0.3, 0.4) is 0 Å². The van der Waals surface area contributed by atoms with Crippen molar-refractivity contribution in [2.75, 3.05) is 0 Å². The number of rotatable bonds is 5. The first kappa shape index (κ1) is 15.6. The normalized spacial score (nSPS) is 12.1.